The number of nitrogens with zero attached hydrogens (tertiary/aromatic N) is 1. The van der Waals surface area contributed by atoms with E-state index >= 15 is 0 Å². The van der Waals surface area contributed by atoms with E-state index in [-0.39, 0.29) is 5.91 Å². The minimum atomic E-state index is 0.146. The topological polar surface area (TPSA) is 52.9 Å². The van der Waals surface area contributed by atoms with Crippen LogP contribution in [0.4, 0.5) is 0 Å². The number of hydrogen-bond acceptors (Lipinski definition) is 3. The molecule has 0 radical (unpaired) electrons. The van der Waals surface area contributed by atoms with E-state index in [0.29, 0.717) is 23.3 Å². The van der Waals surface area contributed by atoms with Gasteiger partial charge in [-0.2, -0.15) is 5.26 Å². The molecule has 1 aliphatic carbocycles. The van der Waals surface area contributed by atoms with Crippen molar-refractivity contribution in [3.8, 4) is 6.07 Å². The number of benzene rings is 1. The molecule has 2 atom stereocenters. The first-order chi connectivity index (χ1) is 10.2. The SMILES string of the molecule is CC1CCCCC1NC(=O)CSCc1ccc(C#N)cc1. The lowest BCUT2D eigenvalue weighted by Crippen LogP contribution is -2.41. The van der Waals surface area contributed by atoms with E-state index in [0.717, 1.165) is 17.7 Å². The Morgan fingerprint density at radius 3 is 2.71 bits per heavy atom. The van der Waals surface area contributed by atoms with Gasteiger partial charge in [0, 0.05) is 11.8 Å². The zero-order chi connectivity index (χ0) is 15.1. The minimum Gasteiger partial charge on any atom is -0.352 e. The third-order valence-corrected chi connectivity index (χ3v) is 5.05. The van der Waals surface area contributed by atoms with Crippen molar-refractivity contribution in [2.24, 2.45) is 5.92 Å². The molecule has 1 fully saturated rings. The van der Waals surface area contributed by atoms with E-state index in [1.807, 2.05) is 24.3 Å². The number of hydrogen-bond donors (Lipinski definition) is 1. The number of carbonyl (C=O) groups is 1. The van der Waals surface area contributed by atoms with Gasteiger partial charge in [0.2, 0.25) is 5.91 Å². The third-order valence-electron chi connectivity index (χ3n) is 4.04. The van der Waals surface area contributed by atoms with Crippen molar-refractivity contribution in [2.75, 3.05) is 5.75 Å². The summed E-state index contributed by atoms with van der Waals surface area (Å²) in [4.78, 5) is 12.0. The van der Waals surface area contributed by atoms with Gasteiger partial charge >= 0.3 is 0 Å². The van der Waals surface area contributed by atoms with Crippen LogP contribution in [0.15, 0.2) is 24.3 Å². The van der Waals surface area contributed by atoms with Gasteiger partial charge in [0.15, 0.2) is 0 Å². The molecule has 1 aromatic carbocycles. The maximum Gasteiger partial charge on any atom is 0.230 e. The summed E-state index contributed by atoms with van der Waals surface area (Å²) in [5, 5.41) is 11.9. The molecule has 1 saturated carbocycles. The highest BCUT2D eigenvalue weighted by Crippen LogP contribution is 2.23. The molecule has 4 heteroatoms. The van der Waals surface area contributed by atoms with Crippen LogP contribution in [0, 0.1) is 17.2 Å². The Morgan fingerprint density at radius 1 is 1.33 bits per heavy atom. The molecule has 2 rings (SSSR count). The van der Waals surface area contributed by atoms with Gasteiger partial charge in [0.05, 0.1) is 17.4 Å². The summed E-state index contributed by atoms with van der Waals surface area (Å²) in [5.41, 5.74) is 1.82. The number of thioether (sulfide) groups is 1. The summed E-state index contributed by atoms with van der Waals surface area (Å²) in [7, 11) is 0. The maximum absolute atomic E-state index is 12.0. The number of rotatable bonds is 5. The summed E-state index contributed by atoms with van der Waals surface area (Å²) < 4.78 is 0. The molecular weight excluding hydrogens is 280 g/mol. The fraction of sp³-hybridized carbons (Fsp3) is 0.529. The van der Waals surface area contributed by atoms with Gasteiger partial charge in [-0.1, -0.05) is 31.9 Å². The Bertz CT molecular complexity index is 507. The molecule has 1 N–H and O–H groups in total. The lowest BCUT2D eigenvalue weighted by Gasteiger charge is -2.29. The quantitative estimate of drug-likeness (QED) is 0.906. The first kappa shape index (κ1) is 15.9. The summed E-state index contributed by atoms with van der Waals surface area (Å²) >= 11 is 1.62. The van der Waals surface area contributed by atoms with Gasteiger partial charge in [-0.15, -0.1) is 11.8 Å². The van der Waals surface area contributed by atoms with Crippen molar-refractivity contribution in [3.63, 3.8) is 0 Å². The average molecular weight is 302 g/mol. The van der Waals surface area contributed by atoms with Gasteiger partial charge in [0.1, 0.15) is 0 Å². The van der Waals surface area contributed by atoms with E-state index in [2.05, 4.69) is 18.3 Å². The lowest BCUT2D eigenvalue weighted by molar-refractivity contribution is -0.119. The molecule has 1 aromatic rings. The monoisotopic (exact) mass is 302 g/mol. The highest BCUT2D eigenvalue weighted by Gasteiger charge is 2.22. The van der Waals surface area contributed by atoms with Crippen LogP contribution in [0.2, 0.25) is 0 Å². The minimum absolute atomic E-state index is 0.146. The van der Waals surface area contributed by atoms with Gasteiger partial charge in [0.25, 0.3) is 0 Å². The molecule has 3 nitrogen and oxygen atoms in total. The van der Waals surface area contributed by atoms with Crippen molar-refractivity contribution in [2.45, 2.75) is 44.4 Å². The predicted molar refractivity (Wildman–Crippen MR) is 86.9 cm³/mol. The molecule has 0 heterocycles. The zero-order valence-corrected chi connectivity index (χ0v) is 13.3. The summed E-state index contributed by atoms with van der Waals surface area (Å²) in [6.45, 7) is 2.23. The second kappa shape index (κ2) is 8.09. The van der Waals surface area contributed by atoms with Crippen LogP contribution < -0.4 is 5.32 Å². The van der Waals surface area contributed by atoms with E-state index in [1.54, 1.807) is 11.8 Å². The van der Waals surface area contributed by atoms with Crippen molar-refractivity contribution in [3.05, 3.63) is 35.4 Å². The summed E-state index contributed by atoms with van der Waals surface area (Å²) in [6.07, 6.45) is 4.87. The van der Waals surface area contributed by atoms with Gasteiger partial charge < -0.3 is 5.32 Å². The van der Waals surface area contributed by atoms with E-state index in [4.69, 9.17) is 5.26 Å². The lowest BCUT2D eigenvalue weighted by atomic mass is 9.86. The normalized spacial score (nSPS) is 21.5. The molecule has 0 spiro atoms. The van der Waals surface area contributed by atoms with Gasteiger partial charge in [-0.3, -0.25) is 4.79 Å². The molecular formula is C17H22N2OS. The fourth-order valence-corrected chi connectivity index (χ4v) is 3.52. The Morgan fingerprint density at radius 2 is 2.05 bits per heavy atom. The molecule has 1 aliphatic rings. The van der Waals surface area contributed by atoms with Crippen molar-refractivity contribution in [1.82, 2.24) is 5.32 Å². The Kier molecular flexibility index (Phi) is 6.13. The van der Waals surface area contributed by atoms with E-state index < -0.39 is 0 Å². The third kappa shape index (κ3) is 5.09. The first-order valence-electron chi connectivity index (χ1n) is 7.55. The summed E-state index contributed by atoms with van der Waals surface area (Å²) in [6, 6.07) is 10.0. The molecule has 0 saturated heterocycles. The molecule has 0 bridgehead atoms. The standard InChI is InChI=1S/C17H22N2OS/c1-13-4-2-3-5-16(13)19-17(20)12-21-11-15-8-6-14(10-18)7-9-15/h6-9,13,16H,2-5,11-12H2,1H3,(H,19,20). The molecule has 2 unspecified atom stereocenters. The van der Waals surface area contributed by atoms with Crippen molar-refractivity contribution in [1.29, 1.82) is 5.26 Å². The van der Waals surface area contributed by atoms with E-state index in [1.165, 1.54) is 19.3 Å². The first-order valence-corrected chi connectivity index (χ1v) is 8.70. The Labute approximate surface area is 131 Å². The highest BCUT2D eigenvalue weighted by molar-refractivity contribution is 7.99. The van der Waals surface area contributed by atoms with Gasteiger partial charge in [-0.05, 0) is 36.5 Å². The number of nitrogens with one attached hydrogen (secondary N) is 1. The van der Waals surface area contributed by atoms with Crippen LogP contribution in [0.3, 0.4) is 0 Å². The van der Waals surface area contributed by atoms with Crippen molar-refractivity contribution >= 4 is 17.7 Å². The second-order valence-corrected chi connectivity index (χ2v) is 6.72. The maximum atomic E-state index is 12.0. The van der Waals surface area contributed by atoms with Crippen LogP contribution >= 0.6 is 11.8 Å². The van der Waals surface area contributed by atoms with Crippen LogP contribution in [-0.4, -0.2) is 17.7 Å². The van der Waals surface area contributed by atoms with Crippen LogP contribution in [0.5, 0.6) is 0 Å². The number of carbonyl (C=O) groups excluding carboxylic acids is 1. The van der Waals surface area contributed by atoms with E-state index in [9.17, 15) is 4.79 Å². The van der Waals surface area contributed by atoms with Crippen LogP contribution in [-0.2, 0) is 10.5 Å². The average Bonchev–Trinajstić information content (AvgIpc) is 2.50. The Hall–Kier alpha value is -1.47. The van der Waals surface area contributed by atoms with Crippen LogP contribution in [0.1, 0.15) is 43.7 Å². The number of nitriles is 1. The van der Waals surface area contributed by atoms with Gasteiger partial charge in [-0.25, -0.2) is 0 Å². The summed E-state index contributed by atoms with van der Waals surface area (Å²) in [5.74, 6) is 2.06. The highest BCUT2D eigenvalue weighted by atomic mass is 32.2. The molecule has 0 aliphatic heterocycles. The number of amides is 1. The predicted octanol–water partition coefficient (Wildman–Crippen LogP) is 3.49. The smallest absolute Gasteiger partial charge is 0.230 e. The zero-order valence-electron chi connectivity index (χ0n) is 12.5. The molecule has 112 valence electrons. The molecule has 21 heavy (non-hydrogen) atoms. The van der Waals surface area contributed by atoms with Crippen molar-refractivity contribution < 1.29 is 4.79 Å². The molecule has 1 amide bonds. The molecule has 0 aromatic heterocycles. The Balaban J connectivity index is 1.70. The fourth-order valence-electron chi connectivity index (χ4n) is 2.72. The van der Waals surface area contributed by atoms with Crippen LogP contribution in [0.25, 0.3) is 0 Å². The second-order valence-electron chi connectivity index (χ2n) is 5.74. The largest absolute Gasteiger partial charge is 0.352 e.